The van der Waals surface area contributed by atoms with Gasteiger partial charge in [0.2, 0.25) is 5.95 Å². The lowest BCUT2D eigenvalue weighted by Crippen LogP contribution is -2.33. The molecule has 0 amide bonds. The maximum absolute atomic E-state index is 6.14. The molecule has 0 fully saturated rings. The molecule has 0 aliphatic heterocycles. The smallest absolute Gasteiger partial charge is 0.210 e. The van der Waals surface area contributed by atoms with Crippen LogP contribution < -0.4 is 15.4 Å². The van der Waals surface area contributed by atoms with Crippen molar-refractivity contribution in [3.05, 3.63) is 71.5 Å². The first-order valence-corrected chi connectivity index (χ1v) is 10.1. The van der Waals surface area contributed by atoms with Gasteiger partial charge in [0.1, 0.15) is 11.5 Å². The number of ether oxygens (including phenoxy) is 1. The van der Waals surface area contributed by atoms with Crippen LogP contribution in [0.4, 0.5) is 11.6 Å². The summed E-state index contributed by atoms with van der Waals surface area (Å²) in [5, 5.41) is 0. The Morgan fingerprint density at radius 2 is 1.79 bits per heavy atom. The predicted octanol–water partition coefficient (Wildman–Crippen LogP) is 5.01. The Labute approximate surface area is 178 Å². The molecule has 0 unspecified atom stereocenters. The van der Waals surface area contributed by atoms with Crippen LogP contribution in [0.5, 0.6) is 11.5 Å². The summed E-state index contributed by atoms with van der Waals surface area (Å²) in [6, 6.07) is 17.7. The van der Waals surface area contributed by atoms with E-state index in [-0.39, 0.29) is 6.04 Å². The molecule has 4 aromatic rings. The van der Waals surface area contributed by atoms with E-state index >= 15 is 0 Å². The summed E-state index contributed by atoms with van der Waals surface area (Å²) in [4.78, 5) is 11.1. The molecular formula is C22H22BrN5O. The number of imidazole rings is 1. The highest BCUT2D eigenvalue weighted by Gasteiger charge is 2.18. The van der Waals surface area contributed by atoms with E-state index in [4.69, 9.17) is 15.5 Å². The molecule has 0 spiro atoms. The zero-order valence-electron chi connectivity index (χ0n) is 16.3. The summed E-state index contributed by atoms with van der Waals surface area (Å²) in [7, 11) is 2.01. The number of halogens is 1. The van der Waals surface area contributed by atoms with E-state index in [1.807, 2.05) is 56.4 Å². The number of hydrogen-bond donors (Lipinski definition) is 1. The summed E-state index contributed by atoms with van der Waals surface area (Å²) < 4.78 is 9.04. The van der Waals surface area contributed by atoms with Crippen molar-refractivity contribution in [1.82, 2.24) is 14.5 Å². The van der Waals surface area contributed by atoms with Gasteiger partial charge in [0.05, 0.1) is 11.0 Å². The molecule has 29 heavy (non-hydrogen) atoms. The Kier molecular flexibility index (Phi) is 5.51. The van der Waals surface area contributed by atoms with Gasteiger partial charge in [-0.1, -0.05) is 15.9 Å². The monoisotopic (exact) mass is 451 g/mol. The number of nitrogens with two attached hydrogens (primary N) is 1. The maximum atomic E-state index is 6.14. The van der Waals surface area contributed by atoms with Gasteiger partial charge >= 0.3 is 0 Å². The van der Waals surface area contributed by atoms with Crippen LogP contribution in [0.1, 0.15) is 6.92 Å². The minimum atomic E-state index is -0.0101. The van der Waals surface area contributed by atoms with E-state index in [0.29, 0.717) is 6.54 Å². The third-order valence-corrected chi connectivity index (χ3v) is 5.09. The fourth-order valence-electron chi connectivity index (χ4n) is 3.23. The second-order valence-electron chi connectivity index (χ2n) is 6.97. The summed E-state index contributed by atoms with van der Waals surface area (Å²) in [5.74, 6) is 2.31. The van der Waals surface area contributed by atoms with Crippen LogP contribution in [-0.2, 0) is 7.05 Å². The van der Waals surface area contributed by atoms with Crippen LogP contribution in [0.25, 0.3) is 11.0 Å². The van der Waals surface area contributed by atoms with E-state index in [0.717, 1.165) is 38.6 Å². The van der Waals surface area contributed by atoms with Crippen LogP contribution >= 0.6 is 15.9 Å². The molecule has 0 aliphatic rings. The Hall–Kier alpha value is -2.90. The maximum Gasteiger partial charge on any atom is 0.210 e. The van der Waals surface area contributed by atoms with Gasteiger partial charge in [0.25, 0.3) is 0 Å². The normalized spacial score (nSPS) is 12.1. The van der Waals surface area contributed by atoms with E-state index < -0.39 is 0 Å². The highest BCUT2D eigenvalue weighted by molar-refractivity contribution is 9.10. The number of aryl methyl sites for hydroxylation is 1. The number of nitrogens with zero attached hydrogens (tertiary/aromatic N) is 4. The molecule has 2 aromatic heterocycles. The van der Waals surface area contributed by atoms with Gasteiger partial charge in [-0.15, -0.1) is 0 Å². The molecular weight excluding hydrogens is 430 g/mol. The predicted molar refractivity (Wildman–Crippen MR) is 120 cm³/mol. The van der Waals surface area contributed by atoms with Crippen LogP contribution in [0.15, 0.2) is 71.5 Å². The Bertz CT molecular complexity index is 1110. The molecule has 0 radical (unpaired) electrons. The van der Waals surface area contributed by atoms with Gasteiger partial charge in [-0.05, 0) is 55.5 Å². The Morgan fingerprint density at radius 3 is 2.48 bits per heavy atom. The fraction of sp³-hybridized carbons (Fsp3) is 0.182. The molecule has 2 heterocycles. The molecule has 7 heteroatoms. The highest BCUT2D eigenvalue weighted by atomic mass is 79.9. The van der Waals surface area contributed by atoms with Crippen LogP contribution in [0.3, 0.4) is 0 Å². The van der Waals surface area contributed by atoms with Gasteiger partial charge in [-0.3, -0.25) is 4.98 Å². The summed E-state index contributed by atoms with van der Waals surface area (Å²) >= 11 is 3.50. The molecule has 6 nitrogen and oxygen atoms in total. The molecule has 0 aliphatic carbocycles. The quantitative estimate of drug-likeness (QED) is 0.446. The second-order valence-corrected chi connectivity index (χ2v) is 7.89. The lowest BCUT2D eigenvalue weighted by molar-refractivity contribution is 0.482. The van der Waals surface area contributed by atoms with E-state index in [1.165, 1.54) is 0 Å². The lowest BCUT2D eigenvalue weighted by Gasteiger charge is -2.25. The van der Waals surface area contributed by atoms with Crippen molar-refractivity contribution in [3.63, 3.8) is 0 Å². The molecule has 0 saturated carbocycles. The van der Waals surface area contributed by atoms with Gasteiger partial charge in [0, 0.05) is 48.3 Å². The number of pyridine rings is 1. The number of aromatic nitrogens is 3. The summed E-state index contributed by atoms with van der Waals surface area (Å²) in [6.45, 7) is 2.65. The van der Waals surface area contributed by atoms with Crippen molar-refractivity contribution in [2.45, 2.75) is 13.0 Å². The zero-order valence-corrected chi connectivity index (χ0v) is 17.9. The van der Waals surface area contributed by atoms with Crippen molar-refractivity contribution < 1.29 is 4.74 Å². The third kappa shape index (κ3) is 4.26. The van der Waals surface area contributed by atoms with Crippen molar-refractivity contribution in [1.29, 1.82) is 0 Å². The molecule has 1 atom stereocenters. The fourth-order valence-corrected chi connectivity index (χ4v) is 3.49. The van der Waals surface area contributed by atoms with Crippen molar-refractivity contribution >= 4 is 38.6 Å². The minimum Gasteiger partial charge on any atom is -0.457 e. The third-order valence-electron chi connectivity index (χ3n) is 4.56. The highest BCUT2D eigenvalue weighted by Crippen LogP contribution is 2.31. The molecule has 2 aromatic carbocycles. The van der Waals surface area contributed by atoms with Gasteiger partial charge in [0.15, 0.2) is 0 Å². The molecule has 0 saturated heterocycles. The first-order valence-electron chi connectivity index (χ1n) is 9.34. The Balaban J connectivity index is 1.73. The first kappa shape index (κ1) is 19.4. The van der Waals surface area contributed by atoms with Gasteiger partial charge in [-0.25, -0.2) is 4.98 Å². The van der Waals surface area contributed by atoms with E-state index in [9.17, 15) is 0 Å². The minimum absolute atomic E-state index is 0.0101. The molecule has 0 bridgehead atoms. The standard InChI is InChI=1S/C22H22BrN5O/c1-15(24)14-28(17-5-3-16(23)4-6-17)22-26-20-13-19(7-8-21(20)27(22)2)29-18-9-11-25-12-10-18/h3-13,15H,14,24H2,1-2H3/t15-/m0/s1. The van der Waals surface area contributed by atoms with Gasteiger partial charge in [-0.2, -0.15) is 0 Å². The number of fused-ring (bicyclic) bond motifs is 1. The van der Waals surface area contributed by atoms with Crippen LogP contribution in [-0.4, -0.2) is 27.1 Å². The Morgan fingerprint density at radius 1 is 1.07 bits per heavy atom. The molecule has 148 valence electrons. The molecule has 4 rings (SSSR count). The SMILES string of the molecule is C[C@H](N)CN(c1ccc(Br)cc1)c1nc2cc(Oc3ccncc3)ccc2n1C. The van der Waals surface area contributed by atoms with E-state index in [2.05, 4.69) is 42.5 Å². The largest absolute Gasteiger partial charge is 0.457 e. The van der Waals surface area contributed by atoms with Crippen LogP contribution in [0.2, 0.25) is 0 Å². The summed E-state index contributed by atoms with van der Waals surface area (Å²) in [6.07, 6.45) is 3.41. The number of anilines is 2. The molecule has 2 N–H and O–H groups in total. The topological polar surface area (TPSA) is 69.2 Å². The number of hydrogen-bond acceptors (Lipinski definition) is 5. The van der Waals surface area contributed by atoms with Gasteiger partial charge < -0.3 is 19.9 Å². The van der Waals surface area contributed by atoms with Crippen molar-refractivity contribution in [2.24, 2.45) is 12.8 Å². The number of rotatable bonds is 6. The summed E-state index contributed by atoms with van der Waals surface area (Å²) in [5.41, 5.74) is 9.06. The zero-order chi connectivity index (χ0) is 20.4. The lowest BCUT2D eigenvalue weighted by atomic mass is 10.2. The second kappa shape index (κ2) is 8.23. The number of benzene rings is 2. The van der Waals surface area contributed by atoms with E-state index in [1.54, 1.807) is 12.4 Å². The first-order chi connectivity index (χ1) is 14.0. The van der Waals surface area contributed by atoms with Crippen molar-refractivity contribution in [3.8, 4) is 11.5 Å². The van der Waals surface area contributed by atoms with Crippen molar-refractivity contribution in [2.75, 3.05) is 11.4 Å². The van der Waals surface area contributed by atoms with Crippen LogP contribution in [0, 0.1) is 0 Å². The average molecular weight is 452 g/mol. The average Bonchev–Trinajstić information content (AvgIpc) is 3.03.